The minimum absolute atomic E-state index is 0.130. The van der Waals surface area contributed by atoms with Crippen LogP contribution >= 0.6 is 0 Å². The van der Waals surface area contributed by atoms with Gasteiger partial charge in [-0.25, -0.2) is 4.79 Å². The normalized spacial score (nSPS) is 22.6. The Balaban J connectivity index is 2.59. The maximum atomic E-state index is 12.4. The molecule has 3 unspecified atom stereocenters. The first-order valence-electron chi connectivity index (χ1n) is 7.58. The molecule has 0 bridgehead atoms. The molecule has 0 aromatic carbocycles. The topological polar surface area (TPSA) is 86.7 Å². The van der Waals surface area contributed by atoms with Crippen molar-refractivity contribution < 1.29 is 19.5 Å². The Morgan fingerprint density at radius 1 is 1.33 bits per heavy atom. The van der Waals surface area contributed by atoms with Gasteiger partial charge in [0.25, 0.3) is 0 Å². The highest BCUT2D eigenvalue weighted by atomic mass is 16.4. The summed E-state index contributed by atoms with van der Waals surface area (Å²) in [5, 5.41) is 11.7. The minimum atomic E-state index is -1.02. The van der Waals surface area contributed by atoms with E-state index in [1.54, 1.807) is 0 Å². The van der Waals surface area contributed by atoms with Crippen LogP contribution in [0, 0.1) is 11.8 Å². The van der Waals surface area contributed by atoms with Crippen molar-refractivity contribution in [2.75, 3.05) is 13.1 Å². The van der Waals surface area contributed by atoms with Crippen molar-refractivity contribution in [3.63, 3.8) is 0 Å². The standard InChI is InChI=1S/C15H26N2O4/c1-10-4-5-13(8-10)9-14(19)17(11(2)15(20)21)7-6-16-12(3)18/h10-11,13H,4-9H2,1-3H3,(H,16,18)(H,20,21). The third kappa shape index (κ3) is 5.73. The molecule has 1 aliphatic rings. The van der Waals surface area contributed by atoms with E-state index in [1.165, 1.54) is 18.7 Å². The summed E-state index contributed by atoms with van der Waals surface area (Å²) < 4.78 is 0. The van der Waals surface area contributed by atoms with Crippen molar-refractivity contribution >= 4 is 17.8 Å². The maximum Gasteiger partial charge on any atom is 0.326 e. The third-order valence-electron chi connectivity index (χ3n) is 4.14. The summed E-state index contributed by atoms with van der Waals surface area (Å²) >= 11 is 0. The number of amides is 2. The molecule has 3 atom stereocenters. The van der Waals surface area contributed by atoms with Crippen LogP contribution in [-0.4, -0.2) is 46.9 Å². The average molecular weight is 298 g/mol. The zero-order valence-electron chi connectivity index (χ0n) is 13.1. The number of carboxylic acids is 1. The molecule has 1 fully saturated rings. The molecule has 0 aliphatic heterocycles. The van der Waals surface area contributed by atoms with Crippen LogP contribution < -0.4 is 5.32 Å². The second kappa shape index (κ2) is 8.00. The lowest BCUT2D eigenvalue weighted by atomic mass is 10.0. The molecular weight excluding hydrogens is 272 g/mol. The predicted molar refractivity (Wildman–Crippen MR) is 78.6 cm³/mol. The molecule has 0 saturated heterocycles. The highest BCUT2D eigenvalue weighted by molar-refractivity contribution is 5.83. The van der Waals surface area contributed by atoms with E-state index in [9.17, 15) is 14.4 Å². The first-order chi connectivity index (χ1) is 9.81. The number of aliphatic carboxylic acids is 1. The molecule has 0 aromatic heterocycles. The zero-order chi connectivity index (χ0) is 16.0. The molecule has 120 valence electrons. The lowest BCUT2D eigenvalue weighted by molar-refractivity contribution is -0.149. The molecule has 0 heterocycles. The summed E-state index contributed by atoms with van der Waals surface area (Å²) in [6, 6.07) is -0.870. The number of nitrogens with zero attached hydrogens (tertiary/aromatic N) is 1. The highest BCUT2D eigenvalue weighted by Crippen LogP contribution is 2.33. The van der Waals surface area contributed by atoms with Crippen molar-refractivity contribution in [3.05, 3.63) is 0 Å². The quantitative estimate of drug-likeness (QED) is 0.740. The maximum absolute atomic E-state index is 12.4. The van der Waals surface area contributed by atoms with E-state index in [0.717, 1.165) is 19.3 Å². The number of hydrogen-bond acceptors (Lipinski definition) is 3. The van der Waals surface area contributed by atoms with Crippen molar-refractivity contribution in [3.8, 4) is 0 Å². The monoisotopic (exact) mass is 298 g/mol. The van der Waals surface area contributed by atoms with Crippen LogP contribution in [-0.2, 0) is 14.4 Å². The zero-order valence-corrected chi connectivity index (χ0v) is 13.1. The Kier molecular flexibility index (Phi) is 6.65. The molecule has 1 rings (SSSR count). The minimum Gasteiger partial charge on any atom is -0.480 e. The van der Waals surface area contributed by atoms with Crippen LogP contribution in [0.1, 0.15) is 46.5 Å². The molecule has 6 nitrogen and oxygen atoms in total. The fourth-order valence-electron chi connectivity index (χ4n) is 2.89. The number of carbonyl (C=O) groups excluding carboxylic acids is 2. The summed E-state index contributed by atoms with van der Waals surface area (Å²) in [4.78, 5) is 35.8. The van der Waals surface area contributed by atoms with Crippen molar-refractivity contribution in [1.29, 1.82) is 0 Å². The second-order valence-corrected chi connectivity index (χ2v) is 6.07. The summed E-state index contributed by atoms with van der Waals surface area (Å²) in [6.45, 7) is 5.59. The third-order valence-corrected chi connectivity index (χ3v) is 4.14. The van der Waals surface area contributed by atoms with Gasteiger partial charge in [-0.3, -0.25) is 9.59 Å². The van der Waals surface area contributed by atoms with Crippen molar-refractivity contribution in [2.24, 2.45) is 11.8 Å². The molecule has 6 heteroatoms. The molecule has 2 N–H and O–H groups in total. The summed E-state index contributed by atoms with van der Waals surface area (Å²) in [7, 11) is 0. The lowest BCUT2D eigenvalue weighted by Crippen LogP contribution is -2.47. The molecule has 1 saturated carbocycles. The first kappa shape index (κ1) is 17.5. The second-order valence-electron chi connectivity index (χ2n) is 6.07. The van der Waals surface area contributed by atoms with Crippen molar-refractivity contribution in [1.82, 2.24) is 10.2 Å². The van der Waals surface area contributed by atoms with Crippen LogP contribution in [0.3, 0.4) is 0 Å². The van der Waals surface area contributed by atoms with Crippen LogP contribution in [0.4, 0.5) is 0 Å². The number of rotatable bonds is 7. The summed E-state index contributed by atoms with van der Waals surface area (Å²) in [6.07, 6.45) is 3.61. The highest BCUT2D eigenvalue weighted by Gasteiger charge is 2.29. The van der Waals surface area contributed by atoms with Crippen molar-refractivity contribution in [2.45, 2.75) is 52.5 Å². The van der Waals surface area contributed by atoms with Crippen LogP contribution in [0.5, 0.6) is 0 Å². The number of carboxylic acid groups (broad SMARTS) is 1. The van der Waals surface area contributed by atoms with Crippen LogP contribution in [0.15, 0.2) is 0 Å². The van der Waals surface area contributed by atoms with E-state index in [2.05, 4.69) is 12.2 Å². The Labute approximate surface area is 125 Å². The molecular formula is C15H26N2O4. The van der Waals surface area contributed by atoms with Crippen LogP contribution in [0.2, 0.25) is 0 Å². The van der Waals surface area contributed by atoms with Gasteiger partial charge in [-0.2, -0.15) is 0 Å². The van der Waals surface area contributed by atoms with E-state index >= 15 is 0 Å². The number of nitrogens with one attached hydrogen (secondary N) is 1. The Hall–Kier alpha value is -1.59. The van der Waals surface area contributed by atoms with Gasteiger partial charge in [-0.1, -0.05) is 13.3 Å². The van der Waals surface area contributed by atoms with E-state index in [4.69, 9.17) is 5.11 Å². The number of hydrogen-bond donors (Lipinski definition) is 2. The van der Waals surface area contributed by atoms with Gasteiger partial charge in [0.15, 0.2) is 0 Å². The molecule has 1 aliphatic carbocycles. The molecule has 0 spiro atoms. The fraction of sp³-hybridized carbons (Fsp3) is 0.800. The molecule has 0 aromatic rings. The SMILES string of the molecule is CC(=O)NCCN(C(=O)CC1CCC(C)C1)C(C)C(=O)O. The van der Waals surface area contributed by atoms with Crippen LogP contribution in [0.25, 0.3) is 0 Å². The van der Waals surface area contributed by atoms with E-state index in [0.29, 0.717) is 18.3 Å². The first-order valence-corrected chi connectivity index (χ1v) is 7.58. The summed E-state index contributed by atoms with van der Waals surface area (Å²) in [5.74, 6) is -0.334. The van der Waals surface area contributed by atoms with Gasteiger partial charge in [0.05, 0.1) is 0 Å². The lowest BCUT2D eigenvalue weighted by Gasteiger charge is -2.27. The van der Waals surface area contributed by atoms with Gasteiger partial charge in [-0.15, -0.1) is 0 Å². The number of carbonyl (C=O) groups is 3. The van der Waals surface area contributed by atoms with Gasteiger partial charge in [0.1, 0.15) is 6.04 Å². The van der Waals surface area contributed by atoms with Gasteiger partial charge in [0, 0.05) is 26.4 Å². The smallest absolute Gasteiger partial charge is 0.326 e. The van der Waals surface area contributed by atoms with E-state index in [-0.39, 0.29) is 24.9 Å². The Bertz CT molecular complexity index is 397. The van der Waals surface area contributed by atoms with Gasteiger partial charge < -0.3 is 15.3 Å². The Morgan fingerprint density at radius 2 is 2.00 bits per heavy atom. The average Bonchev–Trinajstić information content (AvgIpc) is 2.78. The van der Waals surface area contributed by atoms with Gasteiger partial charge >= 0.3 is 5.97 Å². The Morgan fingerprint density at radius 3 is 2.48 bits per heavy atom. The van der Waals surface area contributed by atoms with E-state index in [1.807, 2.05) is 0 Å². The van der Waals surface area contributed by atoms with Gasteiger partial charge in [-0.05, 0) is 31.6 Å². The largest absolute Gasteiger partial charge is 0.480 e. The summed E-state index contributed by atoms with van der Waals surface area (Å²) in [5.41, 5.74) is 0. The van der Waals surface area contributed by atoms with Gasteiger partial charge in [0.2, 0.25) is 11.8 Å². The molecule has 0 radical (unpaired) electrons. The molecule has 21 heavy (non-hydrogen) atoms. The van der Waals surface area contributed by atoms with E-state index < -0.39 is 12.0 Å². The fourth-order valence-corrected chi connectivity index (χ4v) is 2.89. The molecule has 2 amide bonds. The predicted octanol–water partition coefficient (Wildman–Crippen LogP) is 1.25.